The Balaban J connectivity index is 4.45. The van der Waals surface area contributed by atoms with E-state index in [4.69, 9.17) is 0 Å². The summed E-state index contributed by atoms with van der Waals surface area (Å²) in [7, 11) is 0. The number of hydrogen-bond donors (Lipinski definition) is 0. The van der Waals surface area contributed by atoms with E-state index in [2.05, 4.69) is 41.5 Å². The fourth-order valence-corrected chi connectivity index (χ4v) is 2.06. The predicted molar refractivity (Wildman–Crippen MR) is 67.0 cm³/mol. The normalized spacial score (nSPS) is 12.9. The molecule has 0 saturated carbocycles. The van der Waals surface area contributed by atoms with Gasteiger partial charge in [-0.1, -0.05) is 48.0 Å². The number of rotatable bonds is 7. The Kier molecular flexibility index (Phi) is 5.55. The number of hydrogen-bond acceptors (Lipinski definition) is 1. The fraction of sp³-hybridized carbons (Fsp3) is 0.929. The molecular weight excluding hydrogens is 184 g/mol. The molecule has 1 heteroatoms. The molecule has 0 N–H and O–H groups in total. The van der Waals surface area contributed by atoms with Crippen molar-refractivity contribution in [2.45, 2.75) is 73.6 Å². The molecule has 0 heterocycles. The summed E-state index contributed by atoms with van der Waals surface area (Å²) < 4.78 is 0. The van der Waals surface area contributed by atoms with Crippen LogP contribution in [0.25, 0.3) is 0 Å². The second-order valence-corrected chi connectivity index (χ2v) is 5.98. The second-order valence-electron chi connectivity index (χ2n) is 5.98. The molecule has 0 saturated heterocycles. The van der Waals surface area contributed by atoms with E-state index in [0.717, 1.165) is 19.3 Å². The third kappa shape index (κ3) is 4.36. The van der Waals surface area contributed by atoms with Gasteiger partial charge in [0.2, 0.25) is 0 Å². The minimum atomic E-state index is 0.120. The maximum Gasteiger partial charge on any atom is 0.133 e. The Morgan fingerprint density at radius 3 is 1.87 bits per heavy atom. The molecule has 0 fully saturated rings. The highest BCUT2D eigenvalue weighted by atomic mass is 16.1. The molecule has 0 aliphatic carbocycles. The average Bonchev–Trinajstić information content (AvgIpc) is 2.02. The summed E-state index contributed by atoms with van der Waals surface area (Å²) >= 11 is 0. The highest BCUT2D eigenvalue weighted by Gasteiger charge is 2.37. The first-order chi connectivity index (χ1) is 6.77. The molecule has 15 heavy (non-hydrogen) atoms. The van der Waals surface area contributed by atoms with E-state index in [1.807, 2.05) is 0 Å². The van der Waals surface area contributed by atoms with E-state index in [0.29, 0.717) is 5.78 Å². The zero-order valence-electron chi connectivity index (χ0n) is 11.4. The van der Waals surface area contributed by atoms with Gasteiger partial charge in [-0.15, -0.1) is 0 Å². The molecule has 90 valence electrons. The lowest BCUT2D eigenvalue weighted by Crippen LogP contribution is -2.34. The first-order valence-corrected chi connectivity index (χ1v) is 6.28. The van der Waals surface area contributed by atoms with Crippen LogP contribution in [0.4, 0.5) is 0 Å². The molecule has 0 aromatic carbocycles. The molecule has 0 bridgehead atoms. The summed E-state index contributed by atoms with van der Waals surface area (Å²) in [4.78, 5) is 11.7. The first kappa shape index (κ1) is 14.7. The quantitative estimate of drug-likeness (QED) is 0.603. The molecule has 0 radical (unpaired) electrons. The number of carbonyl (C=O) groups excluding carboxylic acids is 1. The molecule has 0 unspecified atom stereocenters. The lowest BCUT2D eigenvalue weighted by molar-refractivity contribution is -0.122. The minimum absolute atomic E-state index is 0.120. The molecular formula is C14H28O. The highest BCUT2D eigenvalue weighted by molar-refractivity contribution is 5.79. The van der Waals surface area contributed by atoms with Crippen LogP contribution in [0.15, 0.2) is 0 Å². The summed E-state index contributed by atoms with van der Waals surface area (Å²) in [6, 6.07) is 0. The number of ketones is 1. The maximum atomic E-state index is 11.7. The van der Waals surface area contributed by atoms with Gasteiger partial charge in [0, 0.05) is 12.8 Å². The predicted octanol–water partition coefficient (Wildman–Crippen LogP) is 4.60. The van der Waals surface area contributed by atoms with Crippen LogP contribution in [0.3, 0.4) is 0 Å². The van der Waals surface area contributed by atoms with Crippen LogP contribution in [0.1, 0.15) is 73.6 Å². The SMILES string of the molecule is CCCC(=O)CC(C)(C)C(C)(C)CCC. The van der Waals surface area contributed by atoms with E-state index < -0.39 is 0 Å². The molecule has 0 spiro atoms. The van der Waals surface area contributed by atoms with Crippen LogP contribution < -0.4 is 0 Å². The topological polar surface area (TPSA) is 17.1 Å². The molecule has 1 nitrogen and oxygen atoms in total. The van der Waals surface area contributed by atoms with Crippen molar-refractivity contribution in [2.24, 2.45) is 10.8 Å². The van der Waals surface area contributed by atoms with Gasteiger partial charge in [0.15, 0.2) is 0 Å². The van der Waals surface area contributed by atoms with Gasteiger partial charge in [-0.05, 0) is 23.7 Å². The van der Waals surface area contributed by atoms with Crippen LogP contribution in [0.5, 0.6) is 0 Å². The average molecular weight is 212 g/mol. The molecule has 0 amide bonds. The van der Waals surface area contributed by atoms with Crippen molar-refractivity contribution < 1.29 is 4.79 Å². The van der Waals surface area contributed by atoms with E-state index in [9.17, 15) is 4.79 Å². The van der Waals surface area contributed by atoms with Crippen molar-refractivity contribution in [1.82, 2.24) is 0 Å². The van der Waals surface area contributed by atoms with Crippen molar-refractivity contribution in [1.29, 1.82) is 0 Å². The summed E-state index contributed by atoms with van der Waals surface area (Å²) in [5.41, 5.74) is 0.375. The highest BCUT2D eigenvalue weighted by Crippen LogP contribution is 2.44. The van der Waals surface area contributed by atoms with Gasteiger partial charge in [0.25, 0.3) is 0 Å². The van der Waals surface area contributed by atoms with Gasteiger partial charge >= 0.3 is 0 Å². The first-order valence-electron chi connectivity index (χ1n) is 6.28. The smallest absolute Gasteiger partial charge is 0.133 e. The molecule has 0 aliphatic rings. The van der Waals surface area contributed by atoms with Crippen LogP contribution >= 0.6 is 0 Å². The molecule has 0 rings (SSSR count). The van der Waals surface area contributed by atoms with Gasteiger partial charge in [0.1, 0.15) is 5.78 Å². The van der Waals surface area contributed by atoms with E-state index in [-0.39, 0.29) is 10.8 Å². The van der Waals surface area contributed by atoms with Crippen LogP contribution in [0, 0.1) is 10.8 Å². The Morgan fingerprint density at radius 1 is 0.933 bits per heavy atom. The lowest BCUT2D eigenvalue weighted by Gasteiger charge is -2.41. The Labute approximate surface area is 95.6 Å². The molecule has 0 atom stereocenters. The fourth-order valence-electron chi connectivity index (χ4n) is 2.06. The number of Topliss-reactive ketones (excluding diaryl/α,β-unsaturated/α-hetero) is 1. The van der Waals surface area contributed by atoms with Gasteiger partial charge in [-0.2, -0.15) is 0 Å². The summed E-state index contributed by atoms with van der Waals surface area (Å²) in [6.45, 7) is 13.3. The summed E-state index contributed by atoms with van der Waals surface area (Å²) in [5, 5.41) is 0. The van der Waals surface area contributed by atoms with Crippen LogP contribution in [-0.4, -0.2) is 5.78 Å². The van der Waals surface area contributed by atoms with Crippen LogP contribution in [0.2, 0.25) is 0 Å². The largest absolute Gasteiger partial charge is 0.300 e. The third-order valence-corrected chi connectivity index (χ3v) is 3.88. The summed E-state index contributed by atoms with van der Waals surface area (Å²) in [5.74, 6) is 0.423. The molecule has 0 aromatic rings. The zero-order chi connectivity index (χ0) is 12.1. The third-order valence-electron chi connectivity index (χ3n) is 3.88. The van der Waals surface area contributed by atoms with Gasteiger partial charge in [-0.25, -0.2) is 0 Å². The van der Waals surface area contributed by atoms with E-state index in [1.165, 1.54) is 12.8 Å². The monoisotopic (exact) mass is 212 g/mol. The molecule has 0 aromatic heterocycles. The Morgan fingerprint density at radius 2 is 1.47 bits per heavy atom. The van der Waals surface area contributed by atoms with Crippen molar-refractivity contribution in [3.05, 3.63) is 0 Å². The van der Waals surface area contributed by atoms with Gasteiger partial charge in [-0.3, -0.25) is 4.79 Å². The van der Waals surface area contributed by atoms with Crippen molar-refractivity contribution >= 4 is 5.78 Å². The minimum Gasteiger partial charge on any atom is -0.300 e. The van der Waals surface area contributed by atoms with E-state index in [1.54, 1.807) is 0 Å². The maximum absolute atomic E-state index is 11.7. The van der Waals surface area contributed by atoms with Gasteiger partial charge in [0.05, 0.1) is 0 Å². The van der Waals surface area contributed by atoms with Crippen molar-refractivity contribution in [3.8, 4) is 0 Å². The molecule has 0 aliphatic heterocycles. The summed E-state index contributed by atoms with van der Waals surface area (Å²) in [6.07, 6.45) is 4.83. The lowest BCUT2D eigenvalue weighted by atomic mass is 9.63. The Bertz CT molecular complexity index is 201. The standard InChI is InChI=1S/C14H28O/c1-7-9-12(15)11-14(5,6)13(3,4)10-8-2/h7-11H2,1-6H3. The van der Waals surface area contributed by atoms with Crippen LogP contribution in [-0.2, 0) is 4.79 Å². The van der Waals surface area contributed by atoms with Crippen molar-refractivity contribution in [2.75, 3.05) is 0 Å². The Hall–Kier alpha value is -0.330. The van der Waals surface area contributed by atoms with Crippen molar-refractivity contribution in [3.63, 3.8) is 0 Å². The van der Waals surface area contributed by atoms with Gasteiger partial charge < -0.3 is 0 Å². The zero-order valence-corrected chi connectivity index (χ0v) is 11.4. The van der Waals surface area contributed by atoms with E-state index >= 15 is 0 Å². The second kappa shape index (κ2) is 5.67. The number of carbonyl (C=O) groups is 1.